The Hall–Kier alpha value is -2.37. The fourth-order valence-corrected chi connectivity index (χ4v) is 3.57. The average Bonchev–Trinajstić information content (AvgIpc) is 2.67. The van der Waals surface area contributed by atoms with Gasteiger partial charge in [0.2, 0.25) is 5.91 Å². The third kappa shape index (κ3) is 4.31. The molecule has 2 aromatic carbocycles. The number of carbonyl (C=O) groups excluding carboxylic acids is 2. The SMILES string of the molecule is CC(C)N1C(=O)CO[C@H](C(=O)NCc2ccccc2Cl)[C@H]1c1ccccc1. The molecule has 0 radical (unpaired) electrons. The summed E-state index contributed by atoms with van der Waals surface area (Å²) in [5.41, 5.74) is 1.70. The zero-order valence-electron chi connectivity index (χ0n) is 15.4. The number of amides is 2. The molecule has 0 spiro atoms. The van der Waals surface area contributed by atoms with E-state index >= 15 is 0 Å². The van der Waals surface area contributed by atoms with Gasteiger partial charge in [-0.15, -0.1) is 0 Å². The summed E-state index contributed by atoms with van der Waals surface area (Å²) in [4.78, 5) is 27.1. The molecule has 3 rings (SSSR count). The van der Waals surface area contributed by atoms with Crippen LogP contribution in [0.2, 0.25) is 5.02 Å². The van der Waals surface area contributed by atoms with Gasteiger partial charge in [-0.05, 0) is 31.0 Å². The van der Waals surface area contributed by atoms with Gasteiger partial charge >= 0.3 is 0 Å². The molecule has 1 fully saturated rings. The number of nitrogens with zero attached hydrogens (tertiary/aromatic N) is 1. The molecule has 5 nitrogen and oxygen atoms in total. The highest BCUT2D eigenvalue weighted by Gasteiger charge is 2.42. The van der Waals surface area contributed by atoms with Gasteiger partial charge in [0, 0.05) is 17.6 Å². The van der Waals surface area contributed by atoms with Gasteiger partial charge in [-0.3, -0.25) is 9.59 Å². The summed E-state index contributed by atoms with van der Waals surface area (Å²) in [7, 11) is 0. The van der Waals surface area contributed by atoms with Gasteiger partial charge in [0.1, 0.15) is 6.61 Å². The summed E-state index contributed by atoms with van der Waals surface area (Å²) in [6.07, 6.45) is -0.782. The van der Waals surface area contributed by atoms with E-state index in [2.05, 4.69) is 5.32 Å². The number of morpholine rings is 1. The van der Waals surface area contributed by atoms with Crippen molar-refractivity contribution in [3.05, 3.63) is 70.7 Å². The Balaban J connectivity index is 1.84. The van der Waals surface area contributed by atoms with E-state index in [4.69, 9.17) is 16.3 Å². The molecule has 0 aromatic heterocycles. The van der Waals surface area contributed by atoms with Crippen molar-refractivity contribution in [1.29, 1.82) is 0 Å². The number of halogens is 1. The Labute approximate surface area is 164 Å². The minimum atomic E-state index is -0.782. The van der Waals surface area contributed by atoms with Crippen molar-refractivity contribution in [3.8, 4) is 0 Å². The van der Waals surface area contributed by atoms with Crippen LogP contribution in [0.25, 0.3) is 0 Å². The van der Waals surface area contributed by atoms with Crippen LogP contribution >= 0.6 is 11.6 Å². The smallest absolute Gasteiger partial charge is 0.251 e. The summed E-state index contributed by atoms with van der Waals surface area (Å²) < 4.78 is 5.68. The molecule has 0 aliphatic carbocycles. The number of rotatable bonds is 5. The molecule has 2 amide bonds. The van der Waals surface area contributed by atoms with Crippen molar-refractivity contribution in [1.82, 2.24) is 10.2 Å². The summed E-state index contributed by atoms with van der Waals surface area (Å²) in [5.74, 6) is -0.379. The Morgan fingerprint density at radius 2 is 1.85 bits per heavy atom. The molecule has 1 aliphatic rings. The zero-order chi connectivity index (χ0) is 19.4. The van der Waals surface area contributed by atoms with E-state index in [0.29, 0.717) is 11.6 Å². The van der Waals surface area contributed by atoms with Gasteiger partial charge in [0.15, 0.2) is 6.10 Å². The summed E-state index contributed by atoms with van der Waals surface area (Å²) in [5, 5.41) is 3.50. The summed E-state index contributed by atoms with van der Waals surface area (Å²) >= 11 is 6.17. The van der Waals surface area contributed by atoms with Crippen LogP contribution in [0.4, 0.5) is 0 Å². The first-order valence-corrected chi connectivity index (χ1v) is 9.35. The minimum absolute atomic E-state index is 0.0505. The highest BCUT2D eigenvalue weighted by molar-refractivity contribution is 6.31. The second kappa shape index (κ2) is 8.55. The Kier molecular flexibility index (Phi) is 6.14. The van der Waals surface area contributed by atoms with Crippen molar-refractivity contribution < 1.29 is 14.3 Å². The van der Waals surface area contributed by atoms with Gasteiger partial charge in [0.25, 0.3) is 5.91 Å². The number of carbonyl (C=O) groups is 2. The first-order valence-electron chi connectivity index (χ1n) is 8.98. The predicted molar refractivity (Wildman–Crippen MR) is 104 cm³/mol. The molecule has 1 aliphatic heterocycles. The molecular formula is C21H23ClN2O3. The normalized spacial score (nSPS) is 20.0. The average molecular weight is 387 g/mol. The molecule has 6 heteroatoms. The first kappa shape index (κ1) is 19.4. The van der Waals surface area contributed by atoms with Gasteiger partial charge in [-0.2, -0.15) is 0 Å². The molecule has 0 unspecified atom stereocenters. The summed E-state index contributed by atoms with van der Waals surface area (Å²) in [6, 6.07) is 16.4. The molecule has 1 heterocycles. The Morgan fingerprint density at radius 3 is 2.52 bits per heavy atom. The lowest BCUT2D eigenvalue weighted by molar-refractivity contribution is -0.167. The van der Waals surface area contributed by atoms with Crippen LogP contribution in [-0.2, 0) is 20.9 Å². The topological polar surface area (TPSA) is 58.6 Å². The van der Waals surface area contributed by atoms with Crippen LogP contribution in [0.15, 0.2) is 54.6 Å². The summed E-state index contributed by atoms with van der Waals surface area (Å²) in [6.45, 7) is 4.08. The van der Waals surface area contributed by atoms with E-state index in [9.17, 15) is 9.59 Å². The van der Waals surface area contributed by atoms with Crippen LogP contribution in [0.3, 0.4) is 0 Å². The lowest BCUT2D eigenvalue weighted by Crippen LogP contribution is -2.56. The molecule has 1 N–H and O–H groups in total. The third-order valence-electron chi connectivity index (χ3n) is 4.63. The second-order valence-electron chi connectivity index (χ2n) is 6.79. The Bertz CT molecular complexity index is 810. The van der Waals surface area contributed by atoms with Crippen LogP contribution in [-0.4, -0.2) is 35.5 Å². The van der Waals surface area contributed by atoms with E-state index in [1.54, 1.807) is 11.0 Å². The van der Waals surface area contributed by atoms with Crippen molar-refractivity contribution in [2.45, 2.75) is 38.6 Å². The van der Waals surface area contributed by atoms with Crippen LogP contribution in [0.5, 0.6) is 0 Å². The first-order chi connectivity index (χ1) is 13.0. The third-order valence-corrected chi connectivity index (χ3v) is 5.00. The molecule has 142 valence electrons. The number of benzene rings is 2. The number of ether oxygens (including phenoxy) is 1. The van der Waals surface area contributed by atoms with E-state index in [-0.39, 0.29) is 24.5 Å². The number of hydrogen-bond donors (Lipinski definition) is 1. The quantitative estimate of drug-likeness (QED) is 0.857. The standard InChI is InChI=1S/C21H23ClN2O3/c1-14(2)24-18(25)13-27-20(19(24)15-8-4-3-5-9-15)21(26)23-12-16-10-6-7-11-17(16)22/h3-11,14,19-20H,12-13H2,1-2H3,(H,23,26)/t19-,20+/m1/s1. The van der Waals surface area contributed by atoms with E-state index in [1.807, 2.05) is 62.4 Å². The molecule has 27 heavy (non-hydrogen) atoms. The van der Waals surface area contributed by atoms with Gasteiger partial charge in [-0.25, -0.2) is 0 Å². The van der Waals surface area contributed by atoms with Crippen molar-refractivity contribution in [2.75, 3.05) is 6.61 Å². The largest absolute Gasteiger partial charge is 0.356 e. The maximum atomic E-state index is 12.9. The molecule has 0 bridgehead atoms. The molecule has 1 saturated heterocycles. The lowest BCUT2D eigenvalue weighted by Gasteiger charge is -2.42. The predicted octanol–water partition coefficient (Wildman–Crippen LogP) is 3.33. The van der Waals surface area contributed by atoms with Crippen molar-refractivity contribution in [2.24, 2.45) is 0 Å². The maximum Gasteiger partial charge on any atom is 0.251 e. The van der Waals surface area contributed by atoms with Crippen LogP contribution in [0, 0.1) is 0 Å². The minimum Gasteiger partial charge on any atom is -0.356 e. The maximum absolute atomic E-state index is 12.9. The van der Waals surface area contributed by atoms with Gasteiger partial charge in [-0.1, -0.05) is 60.1 Å². The highest BCUT2D eigenvalue weighted by atomic mass is 35.5. The Morgan fingerprint density at radius 1 is 1.19 bits per heavy atom. The molecule has 2 atom stereocenters. The fourth-order valence-electron chi connectivity index (χ4n) is 3.37. The molecular weight excluding hydrogens is 364 g/mol. The highest BCUT2D eigenvalue weighted by Crippen LogP contribution is 2.32. The van der Waals surface area contributed by atoms with Crippen molar-refractivity contribution in [3.63, 3.8) is 0 Å². The lowest BCUT2D eigenvalue weighted by atomic mass is 9.95. The number of nitrogens with one attached hydrogen (secondary N) is 1. The van der Waals surface area contributed by atoms with E-state index in [1.165, 1.54) is 0 Å². The fraction of sp³-hybridized carbons (Fsp3) is 0.333. The second-order valence-corrected chi connectivity index (χ2v) is 7.20. The monoisotopic (exact) mass is 386 g/mol. The number of hydrogen-bond acceptors (Lipinski definition) is 3. The molecule has 0 saturated carbocycles. The van der Waals surface area contributed by atoms with Gasteiger partial charge < -0.3 is 15.0 Å². The zero-order valence-corrected chi connectivity index (χ0v) is 16.1. The molecule has 2 aromatic rings. The van der Waals surface area contributed by atoms with Crippen LogP contribution < -0.4 is 5.32 Å². The van der Waals surface area contributed by atoms with Crippen molar-refractivity contribution >= 4 is 23.4 Å². The van der Waals surface area contributed by atoms with Gasteiger partial charge in [0.05, 0.1) is 6.04 Å². The van der Waals surface area contributed by atoms with E-state index < -0.39 is 12.1 Å². The van der Waals surface area contributed by atoms with E-state index in [0.717, 1.165) is 11.1 Å². The van der Waals surface area contributed by atoms with Crippen LogP contribution in [0.1, 0.15) is 31.0 Å².